The van der Waals surface area contributed by atoms with Gasteiger partial charge in [0.05, 0.1) is 17.5 Å². The number of hydrogen-bond donors (Lipinski definition) is 1. The first-order valence-electron chi connectivity index (χ1n) is 5.90. The van der Waals surface area contributed by atoms with Gasteiger partial charge in [0, 0.05) is 23.6 Å². The molecule has 0 fully saturated rings. The normalized spacial score (nSPS) is 13.7. The van der Waals surface area contributed by atoms with Gasteiger partial charge in [-0.1, -0.05) is 12.1 Å². The van der Waals surface area contributed by atoms with Crippen molar-refractivity contribution in [1.29, 1.82) is 5.26 Å². The van der Waals surface area contributed by atoms with Crippen molar-refractivity contribution < 1.29 is 9.50 Å². The zero-order chi connectivity index (χ0) is 13.7. The number of nitriles is 1. The molecule has 1 aromatic carbocycles. The van der Waals surface area contributed by atoms with Crippen LogP contribution in [0.3, 0.4) is 0 Å². The highest BCUT2D eigenvalue weighted by molar-refractivity contribution is 7.09. The van der Waals surface area contributed by atoms with Gasteiger partial charge in [-0.25, -0.2) is 4.39 Å². The lowest BCUT2D eigenvalue weighted by atomic mass is 9.84. The van der Waals surface area contributed by atoms with Crippen LogP contribution < -0.4 is 0 Å². The summed E-state index contributed by atoms with van der Waals surface area (Å²) in [5, 5.41) is 18.6. The monoisotopic (exact) mass is 276 g/mol. The number of benzene rings is 1. The number of thiazole rings is 1. The number of nitrogens with zero attached hydrogens (tertiary/aromatic N) is 2. The topological polar surface area (TPSA) is 56.9 Å². The van der Waals surface area contributed by atoms with Crippen molar-refractivity contribution in [2.45, 2.75) is 18.3 Å². The van der Waals surface area contributed by atoms with Gasteiger partial charge in [-0.3, -0.25) is 4.98 Å². The molecule has 0 radical (unpaired) electrons. The molecule has 0 spiro atoms. The molecule has 19 heavy (non-hydrogen) atoms. The Hall–Kier alpha value is -1.77. The van der Waals surface area contributed by atoms with Crippen LogP contribution in [-0.2, 0) is 0 Å². The second-order valence-corrected chi connectivity index (χ2v) is 5.10. The van der Waals surface area contributed by atoms with Gasteiger partial charge < -0.3 is 5.11 Å². The predicted molar refractivity (Wildman–Crippen MR) is 71.3 cm³/mol. The molecule has 0 aliphatic carbocycles. The second kappa shape index (κ2) is 6.41. The van der Waals surface area contributed by atoms with Crippen molar-refractivity contribution in [3.05, 3.63) is 52.2 Å². The van der Waals surface area contributed by atoms with E-state index in [4.69, 9.17) is 0 Å². The third-order valence-electron chi connectivity index (χ3n) is 3.01. The van der Waals surface area contributed by atoms with E-state index in [1.54, 1.807) is 23.8 Å². The summed E-state index contributed by atoms with van der Waals surface area (Å²) in [4.78, 5) is 4.94. The molecule has 2 aromatic rings. The molecule has 0 amide bonds. The first-order valence-corrected chi connectivity index (χ1v) is 6.78. The summed E-state index contributed by atoms with van der Waals surface area (Å²) >= 11 is 1.45. The fourth-order valence-electron chi connectivity index (χ4n) is 2.12. The van der Waals surface area contributed by atoms with Gasteiger partial charge in [-0.15, -0.1) is 11.3 Å². The standard InChI is InChI=1S/C14H13FN2OS/c15-11-3-1-2-10(6-11)13(7-16)12(4-5-18)14-8-17-9-19-14/h1-3,6,8-9,12-13,18H,4-5H2/t12-,13+/m1/s1. The summed E-state index contributed by atoms with van der Waals surface area (Å²) in [6, 6.07) is 8.28. The molecule has 5 heteroatoms. The number of rotatable bonds is 5. The Bertz CT molecular complexity index is 565. The van der Waals surface area contributed by atoms with Crippen LogP contribution >= 0.6 is 11.3 Å². The summed E-state index contributed by atoms with van der Waals surface area (Å²) in [7, 11) is 0. The predicted octanol–water partition coefficient (Wildman–Crippen LogP) is 3.06. The summed E-state index contributed by atoms with van der Waals surface area (Å²) in [5.74, 6) is -1.00. The SMILES string of the molecule is N#C[C@@H](c1cccc(F)c1)[C@@H](CCO)c1cncs1. The van der Waals surface area contributed by atoms with Crippen LogP contribution in [-0.4, -0.2) is 16.7 Å². The molecular formula is C14H13FN2OS. The molecular weight excluding hydrogens is 263 g/mol. The molecule has 0 aliphatic heterocycles. The van der Waals surface area contributed by atoms with E-state index in [9.17, 15) is 14.8 Å². The van der Waals surface area contributed by atoms with E-state index in [1.165, 1.54) is 23.5 Å². The van der Waals surface area contributed by atoms with Crippen LogP contribution in [0, 0.1) is 17.1 Å². The quantitative estimate of drug-likeness (QED) is 0.913. The minimum atomic E-state index is -0.483. The van der Waals surface area contributed by atoms with Crippen molar-refractivity contribution in [2.24, 2.45) is 0 Å². The maximum Gasteiger partial charge on any atom is 0.123 e. The molecule has 1 aromatic heterocycles. The van der Waals surface area contributed by atoms with Gasteiger partial charge in [-0.05, 0) is 24.1 Å². The third kappa shape index (κ3) is 3.16. The van der Waals surface area contributed by atoms with E-state index >= 15 is 0 Å². The molecule has 2 rings (SSSR count). The average molecular weight is 276 g/mol. The Morgan fingerprint density at radius 2 is 2.32 bits per heavy atom. The molecule has 0 unspecified atom stereocenters. The molecule has 2 atom stereocenters. The fraction of sp³-hybridized carbons (Fsp3) is 0.286. The molecule has 0 saturated carbocycles. The molecule has 98 valence electrons. The summed E-state index contributed by atoms with van der Waals surface area (Å²) < 4.78 is 13.3. The van der Waals surface area contributed by atoms with Gasteiger partial charge >= 0.3 is 0 Å². The lowest BCUT2D eigenvalue weighted by Gasteiger charge is -2.20. The number of halogens is 1. The average Bonchev–Trinajstić information content (AvgIpc) is 2.92. The van der Waals surface area contributed by atoms with Crippen molar-refractivity contribution in [2.75, 3.05) is 6.61 Å². The number of aromatic nitrogens is 1. The van der Waals surface area contributed by atoms with Crippen LogP contribution in [0.5, 0.6) is 0 Å². The third-order valence-corrected chi connectivity index (χ3v) is 3.91. The van der Waals surface area contributed by atoms with Crippen LogP contribution in [0.4, 0.5) is 4.39 Å². The zero-order valence-corrected chi connectivity index (χ0v) is 11.0. The Balaban J connectivity index is 2.36. The van der Waals surface area contributed by atoms with Crippen LogP contribution in [0.2, 0.25) is 0 Å². The fourth-order valence-corrected chi connectivity index (χ4v) is 2.91. The van der Waals surface area contributed by atoms with Gasteiger partial charge in [0.15, 0.2) is 0 Å². The first kappa shape index (κ1) is 13.7. The van der Waals surface area contributed by atoms with Gasteiger partial charge in [0.2, 0.25) is 0 Å². The van der Waals surface area contributed by atoms with E-state index < -0.39 is 5.92 Å². The van der Waals surface area contributed by atoms with E-state index in [2.05, 4.69) is 11.1 Å². The van der Waals surface area contributed by atoms with Crippen molar-refractivity contribution >= 4 is 11.3 Å². The van der Waals surface area contributed by atoms with Gasteiger partial charge in [0.25, 0.3) is 0 Å². The van der Waals surface area contributed by atoms with Crippen molar-refractivity contribution in [1.82, 2.24) is 4.98 Å². The Kier molecular flexibility index (Phi) is 4.61. The Morgan fingerprint density at radius 3 is 2.89 bits per heavy atom. The highest BCUT2D eigenvalue weighted by Crippen LogP contribution is 2.36. The van der Waals surface area contributed by atoms with Crippen LogP contribution in [0.15, 0.2) is 36.0 Å². The Morgan fingerprint density at radius 1 is 1.47 bits per heavy atom. The second-order valence-electron chi connectivity index (χ2n) is 4.18. The molecule has 0 aliphatic rings. The minimum Gasteiger partial charge on any atom is -0.396 e. The number of aliphatic hydroxyl groups excluding tert-OH is 1. The molecule has 0 bridgehead atoms. The van der Waals surface area contributed by atoms with E-state index in [0.717, 1.165) is 4.88 Å². The maximum atomic E-state index is 13.3. The molecule has 1 N–H and O–H groups in total. The minimum absolute atomic E-state index is 0.0178. The molecule has 1 heterocycles. The highest BCUT2D eigenvalue weighted by atomic mass is 32.1. The lowest BCUT2D eigenvalue weighted by molar-refractivity contribution is 0.272. The lowest BCUT2D eigenvalue weighted by Crippen LogP contribution is -2.11. The van der Waals surface area contributed by atoms with Gasteiger partial charge in [0.1, 0.15) is 5.82 Å². The van der Waals surface area contributed by atoms with Crippen molar-refractivity contribution in [3.8, 4) is 6.07 Å². The molecule has 0 saturated heterocycles. The largest absolute Gasteiger partial charge is 0.396 e. The van der Waals surface area contributed by atoms with Crippen LogP contribution in [0.1, 0.15) is 28.7 Å². The summed E-state index contributed by atoms with van der Waals surface area (Å²) in [6.45, 7) is -0.0178. The van der Waals surface area contributed by atoms with E-state index in [1.807, 2.05) is 0 Å². The zero-order valence-electron chi connectivity index (χ0n) is 10.2. The van der Waals surface area contributed by atoms with Gasteiger partial charge in [-0.2, -0.15) is 5.26 Å². The highest BCUT2D eigenvalue weighted by Gasteiger charge is 2.25. The smallest absolute Gasteiger partial charge is 0.123 e. The number of aliphatic hydroxyl groups is 1. The number of hydrogen-bond acceptors (Lipinski definition) is 4. The van der Waals surface area contributed by atoms with Crippen molar-refractivity contribution in [3.63, 3.8) is 0 Å². The van der Waals surface area contributed by atoms with E-state index in [0.29, 0.717) is 12.0 Å². The molecule has 3 nitrogen and oxygen atoms in total. The summed E-state index contributed by atoms with van der Waals surface area (Å²) in [5.41, 5.74) is 2.33. The Labute approximate surface area is 115 Å². The summed E-state index contributed by atoms with van der Waals surface area (Å²) in [6.07, 6.45) is 2.16. The van der Waals surface area contributed by atoms with E-state index in [-0.39, 0.29) is 18.3 Å². The maximum absolute atomic E-state index is 13.3. The van der Waals surface area contributed by atoms with Crippen LogP contribution in [0.25, 0.3) is 0 Å². The first-order chi connectivity index (χ1) is 9.26.